The Labute approximate surface area is 108 Å². The molecule has 2 aromatic heterocycles. The first kappa shape index (κ1) is 12.0. The number of nitrogens with one attached hydrogen (secondary N) is 1. The van der Waals surface area contributed by atoms with Crippen LogP contribution in [0.5, 0.6) is 0 Å². The second kappa shape index (κ2) is 5.72. The molecule has 0 radical (unpaired) electrons. The highest BCUT2D eigenvalue weighted by atomic mass is 35.5. The van der Waals surface area contributed by atoms with Crippen molar-refractivity contribution in [2.24, 2.45) is 0 Å². The lowest BCUT2D eigenvalue weighted by molar-refractivity contribution is 0.612. The molecule has 0 saturated carbocycles. The fourth-order valence-corrected chi connectivity index (χ4v) is 3.35. The molecule has 3 nitrogen and oxygen atoms in total. The van der Waals surface area contributed by atoms with Gasteiger partial charge in [-0.2, -0.15) is 0 Å². The van der Waals surface area contributed by atoms with E-state index >= 15 is 0 Å². The second-order valence-electron chi connectivity index (χ2n) is 3.34. The van der Waals surface area contributed by atoms with E-state index in [4.69, 9.17) is 11.6 Å². The number of hydrogen-bond donors (Lipinski definition) is 1. The Hall–Kier alpha value is -0.490. The molecule has 16 heavy (non-hydrogen) atoms. The van der Waals surface area contributed by atoms with Gasteiger partial charge in [-0.1, -0.05) is 23.0 Å². The summed E-state index contributed by atoms with van der Waals surface area (Å²) in [5.74, 6) is 0. The van der Waals surface area contributed by atoms with E-state index in [2.05, 4.69) is 21.8 Å². The van der Waals surface area contributed by atoms with Crippen LogP contribution in [0.4, 0.5) is 0 Å². The smallest absolute Gasteiger partial charge is 0.0812 e. The normalized spacial score (nSPS) is 12.9. The molecule has 1 unspecified atom stereocenters. The molecule has 1 N–H and O–H groups in total. The van der Waals surface area contributed by atoms with Gasteiger partial charge in [0.05, 0.1) is 22.1 Å². The maximum atomic E-state index is 6.16. The van der Waals surface area contributed by atoms with Crippen molar-refractivity contribution < 1.29 is 0 Å². The van der Waals surface area contributed by atoms with Crippen LogP contribution in [0, 0.1) is 0 Å². The summed E-state index contributed by atoms with van der Waals surface area (Å²) >= 11 is 9.24. The van der Waals surface area contributed by atoms with E-state index in [1.165, 1.54) is 11.5 Å². The van der Waals surface area contributed by atoms with Gasteiger partial charge in [-0.15, -0.1) is 16.4 Å². The van der Waals surface area contributed by atoms with Gasteiger partial charge in [-0.3, -0.25) is 0 Å². The quantitative estimate of drug-likeness (QED) is 0.908. The molecule has 0 aliphatic carbocycles. The summed E-state index contributed by atoms with van der Waals surface area (Å²) in [6.07, 6.45) is 2.89. The Morgan fingerprint density at radius 1 is 1.56 bits per heavy atom. The molecule has 0 spiro atoms. The molecule has 0 amide bonds. The van der Waals surface area contributed by atoms with Crippen LogP contribution in [-0.4, -0.2) is 16.1 Å². The monoisotopic (exact) mass is 273 g/mol. The predicted octanol–water partition coefficient (Wildman–Crippen LogP) is 3.34. The van der Waals surface area contributed by atoms with Crippen molar-refractivity contribution >= 4 is 34.5 Å². The molecule has 86 valence electrons. The van der Waals surface area contributed by atoms with Gasteiger partial charge in [0.2, 0.25) is 0 Å². The Balaban J connectivity index is 2.25. The van der Waals surface area contributed by atoms with Crippen molar-refractivity contribution in [1.29, 1.82) is 0 Å². The van der Waals surface area contributed by atoms with E-state index in [1.54, 1.807) is 17.5 Å². The summed E-state index contributed by atoms with van der Waals surface area (Å²) in [7, 11) is 0. The summed E-state index contributed by atoms with van der Waals surface area (Å²) in [4.78, 5) is 2.25. The molecule has 0 bridgehead atoms. The number of rotatable bonds is 5. The summed E-state index contributed by atoms with van der Waals surface area (Å²) in [5, 5.41) is 10.2. The zero-order valence-electron chi connectivity index (χ0n) is 8.81. The molecule has 2 heterocycles. The molecule has 0 aliphatic heterocycles. The first-order chi connectivity index (χ1) is 7.83. The van der Waals surface area contributed by atoms with E-state index in [1.807, 2.05) is 11.4 Å². The zero-order valence-corrected chi connectivity index (χ0v) is 11.2. The second-order valence-corrected chi connectivity index (χ2v) is 5.51. The minimum atomic E-state index is 0.132. The van der Waals surface area contributed by atoms with Crippen molar-refractivity contribution in [2.45, 2.75) is 19.4 Å². The van der Waals surface area contributed by atoms with Crippen LogP contribution in [0.1, 0.15) is 29.1 Å². The highest BCUT2D eigenvalue weighted by Gasteiger charge is 2.19. The van der Waals surface area contributed by atoms with Crippen LogP contribution in [0.3, 0.4) is 0 Å². The van der Waals surface area contributed by atoms with Gasteiger partial charge in [0, 0.05) is 4.88 Å². The molecule has 0 aromatic carbocycles. The minimum Gasteiger partial charge on any atom is -0.305 e. The van der Waals surface area contributed by atoms with Crippen LogP contribution in [0.2, 0.25) is 5.02 Å². The SMILES string of the molecule is CCCNC(c1cnns1)c1sccc1Cl. The first-order valence-electron chi connectivity index (χ1n) is 5.06. The van der Waals surface area contributed by atoms with E-state index in [0.29, 0.717) is 0 Å². The minimum absolute atomic E-state index is 0.132. The van der Waals surface area contributed by atoms with E-state index in [9.17, 15) is 0 Å². The third-order valence-electron chi connectivity index (χ3n) is 2.17. The number of nitrogens with zero attached hydrogens (tertiary/aromatic N) is 2. The number of hydrogen-bond acceptors (Lipinski definition) is 5. The standard InChI is InChI=1S/C10H12ClN3S2/c1-2-4-12-9(8-6-13-14-16-8)10-7(11)3-5-15-10/h3,5-6,9,12H,2,4H2,1H3. The first-order valence-corrected chi connectivity index (χ1v) is 7.09. The topological polar surface area (TPSA) is 37.8 Å². The number of halogens is 1. The van der Waals surface area contributed by atoms with E-state index in [-0.39, 0.29) is 6.04 Å². The highest BCUT2D eigenvalue weighted by Crippen LogP contribution is 2.33. The third-order valence-corrected chi connectivity index (χ3v) is 4.32. The number of thiophene rings is 1. The van der Waals surface area contributed by atoms with E-state index in [0.717, 1.165) is 27.7 Å². The average molecular weight is 274 g/mol. The van der Waals surface area contributed by atoms with Gasteiger partial charge in [0.25, 0.3) is 0 Å². The molecule has 0 aliphatic rings. The van der Waals surface area contributed by atoms with Crippen LogP contribution in [0.25, 0.3) is 0 Å². The van der Waals surface area contributed by atoms with Crippen LogP contribution in [0.15, 0.2) is 17.6 Å². The molecule has 0 saturated heterocycles. The van der Waals surface area contributed by atoms with Crippen molar-refractivity contribution in [3.63, 3.8) is 0 Å². The lowest BCUT2D eigenvalue weighted by Gasteiger charge is -2.15. The zero-order chi connectivity index (χ0) is 11.4. The van der Waals surface area contributed by atoms with Crippen LogP contribution in [-0.2, 0) is 0 Å². The van der Waals surface area contributed by atoms with Gasteiger partial charge in [0.15, 0.2) is 0 Å². The number of aromatic nitrogens is 2. The Morgan fingerprint density at radius 2 is 2.44 bits per heavy atom. The van der Waals surface area contributed by atoms with Gasteiger partial charge in [0.1, 0.15) is 0 Å². The van der Waals surface area contributed by atoms with E-state index < -0.39 is 0 Å². The van der Waals surface area contributed by atoms with Gasteiger partial charge in [-0.25, -0.2) is 0 Å². The molecule has 1 atom stereocenters. The van der Waals surface area contributed by atoms with Crippen molar-refractivity contribution in [3.05, 3.63) is 32.4 Å². The van der Waals surface area contributed by atoms with Crippen LogP contribution >= 0.6 is 34.5 Å². The van der Waals surface area contributed by atoms with Crippen molar-refractivity contribution in [3.8, 4) is 0 Å². The highest BCUT2D eigenvalue weighted by molar-refractivity contribution is 7.11. The molecule has 6 heteroatoms. The van der Waals surface area contributed by atoms with Gasteiger partial charge >= 0.3 is 0 Å². The molecule has 0 fully saturated rings. The van der Waals surface area contributed by atoms with Gasteiger partial charge < -0.3 is 5.32 Å². The van der Waals surface area contributed by atoms with Crippen molar-refractivity contribution in [2.75, 3.05) is 6.54 Å². The lowest BCUT2D eigenvalue weighted by atomic mass is 10.2. The summed E-state index contributed by atoms with van der Waals surface area (Å²) in [6.45, 7) is 3.10. The fourth-order valence-electron chi connectivity index (χ4n) is 1.42. The summed E-state index contributed by atoms with van der Waals surface area (Å²) in [5.41, 5.74) is 0. The average Bonchev–Trinajstić information content (AvgIpc) is 2.91. The maximum absolute atomic E-state index is 6.16. The summed E-state index contributed by atoms with van der Waals surface area (Å²) in [6, 6.07) is 2.06. The maximum Gasteiger partial charge on any atom is 0.0812 e. The van der Waals surface area contributed by atoms with Crippen LogP contribution < -0.4 is 5.32 Å². The van der Waals surface area contributed by atoms with Crippen molar-refractivity contribution in [1.82, 2.24) is 14.9 Å². The Kier molecular flexibility index (Phi) is 4.29. The molecule has 2 aromatic rings. The Morgan fingerprint density at radius 3 is 3.00 bits per heavy atom. The predicted molar refractivity (Wildman–Crippen MR) is 69.4 cm³/mol. The molecular formula is C10H12ClN3S2. The lowest BCUT2D eigenvalue weighted by Crippen LogP contribution is -2.21. The largest absolute Gasteiger partial charge is 0.305 e. The summed E-state index contributed by atoms with van der Waals surface area (Å²) < 4.78 is 3.90. The third kappa shape index (κ3) is 2.60. The molecular weight excluding hydrogens is 262 g/mol. The fraction of sp³-hybridized carbons (Fsp3) is 0.400. The Bertz CT molecular complexity index is 427. The van der Waals surface area contributed by atoms with Gasteiger partial charge in [-0.05, 0) is 35.9 Å². The molecule has 2 rings (SSSR count).